The quantitative estimate of drug-likeness (QED) is 0.768. The van der Waals surface area contributed by atoms with Crippen molar-refractivity contribution in [2.45, 2.75) is 20.0 Å². The lowest BCUT2D eigenvalue weighted by molar-refractivity contribution is 0.0328. The maximum atomic E-state index is 8.69. The molecule has 0 aliphatic heterocycles. The third-order valence-corrected chi connectivity index (χ3v) is 2.53. The first-order chi connectivity index (χ1) is 7.19. The van der Waals surface area contributed by atoms with Gasteiger partial charge < -0.3 is 15.6 Å². The van der Waals surface area contributed by atoms with Crippen molar-refractivity contribution in [3.05, 3.63) is 34.9 Å². The Kier molecular flexibility index (Phi) is 4.75. The zero-order chi connectivity index (χ0) is 11.3. The molecule has 3 heteroatoms. The van der Waals surface area contributed by atoms with Gasteiger partial charge in [-0.15, -0.1) is 0 Å². The van der Waals surface area contributed by atoms with Crippen LogP contribution in [0.3, 0.4) is 0 Å². The summed E-state index contributed by atoms with van der Waals surface area (Å²) in [7, 11) is 0. The molecule has 3 nitrogen and oxygen atoms in total. The van der Waals surface area contributed by atoms with Gasteiger partial charge in [0.2, 0.25) is 0 Å². The predicted molar refractivity (Wildman–Crippen MR) is 60.7 cm³/mol. The van der Waals surface area contributed by atoms with Gasteiger partial charge >= 0.3 is 0 Å². The molecule has 3 N–H and O–H groups in total. The van der Waals surface area contributed by atoms with Crippen molar-refractivity contribution in [2.24, 2.45) is 5.73 Å². The number of nitrogens with two attached hydrogens (primary N) is 1. The van der Waals surface area contributed by atoms with Gasteiger partial charge in [-0.3, -0.25) is 0 Å². The molecule has 1 aromatic carbocycles. The molecule has 84 valence electrons. The van der Waals surface area contributed by atoms with Gasteiger partial charge in [0.05, 0.1) is 19.3 Å². The highest BCUT2D eigenvalue weighted by Gasteiger charge is 2.10. The summed E-state index contributed by atoms with van der Waals surface area (Å²) in [5.74, 6) is 0. The highest BCUT2D eigenvalue weighted by atomic mass is 16.5. The molecule has 0 aliphatic rings. The van der Waals surface area contributed by atoms with Crippen LogP contribution in [0, 0.1) is 13.8 Å². The fourth-order valence-electron chi connectivity index (χ4n) is 1.46. The van der Waals surface area contributed by atoms with Crippen molar-refractivity contribution >= 4 is 0 Å². The van der Waals surface area contributed by atoms with Crippen LogP contribution in [0.15, 0.2) is 18.2 Å². The number of aryl methyl sites for hydroxylation is 2. The highest BCUT2D eigenvalue weighted by molar-refractivity contribution is 5.31. The Hall–Kier alpha value is -0.900. The molecule has 1 unspecified atom stereocenters. The maximum Gasteiger partial charge on any atom is 0.0948 e. The second kappa shape index (κ2) is 5.85. The van der Waals surface area contributed by atoms with Gasteiger partial charge in [0.1, 0.15) is 0 Å². The first-order valence-electron chi connectivity index (χ1n) is 5.18. The van der Waals surface area contributed by atoms with Crippen LogP contribution in [0.5, 0.6) is 0 Å². The number of hydrogen-bond acceptors (Lipinski definition) is 3. The average molecular weight is 209 g/mol. The second-order valence-corrected chi connectivity index (χ2v) is 3.66. The Labute approximate surface area is 90.9 Å². The molecule has 0 spiro atoms. The summed E-state index contributed by atoms with van der Waals surface area (Å²) in [5, 5.41) is 8.69. The van der Waals surface area contributed by atoms with Crippen LogP contribution in [-0.4, -0.2) is 24.9 Å². The van der Waals surface area contributed by atoms with E-state index in [0.29, 0.717) is 13.2 Å². The third-order valence-electron chi connectivity index (χ3n) is 2.53. The Morgan fingerprint density at radius 2 is 2.07 bits per heavy atom. The second-order valence-electron chi connectivity index (χ2n) is 3.66. The molecule has 0 saturated heterocycles. The molecule has 1 rings (SSSR count). The monoisotopic (exact) mass is 209 g/mol. The highest BCUT2D eigenvalue weighted by Crippen LogP contribution is 2.19. The van der Waals surface area contributed by atoms with E-state index < -0.39 is 0 Å². The molecule has 0 amide bonds. The minimum absolute atomic E-state index is 0.0291. The van der Waals surface area contributed by atoms with E-state index in [1.807, 2.05) is 6.07 Å². The summed E-state index contributed by atoms with van der Waals surface area (Å²) in [6.07, 6.45) is -0.114. The minimum atomic E-state index is -0.114. The first kappa shape index (κ1) is 12.2. The van der Waals surface area contributed by atoms with Crippen molar-refractivity contribution < 1.29 is 9.84 Å². The summed E-state index contributed by atoms with van der Waals surface area (Å²) in [5.41, 5.74) is 9.20. The van der Waals surface area contributed by atoms with E-state index in [9.17, 15) is 0 Å². The molecule has 0 aromatic heterocycles. The van der Waals surface area contributed by atoms with Gasteiger partial charge in [-0.1, -0.05) is 18.2 Å². The molecule has 0 fully saturated rings. The van der Waals surface area contributed by atoms with Crippen LogP contribution in [0.4, 0.5) is 0 Å². The van der Waals surface area contributed by atoms with E-state index in [2.05, 4.69) is 26.0 Å². The minimum Gasteiger partial charge on any atom is -0.394 e. The molecule has 1 aromatic rings. The van der Waals surface area contributed by atoms with Gasteiger partial charge in [0.15, 0.2) is 0 Å². The first-order valence-corrected chi connectivity index (χ1v) is 5.18. The lowest BCUT2D eigenvalue weighted by Gasteiger charge is -2.16. The largest absolute Gasteiger partial charge is 0.394 e. The molecule has 0 aliphatic carbocycles. The number of hydrogen-bond donors (Lipinski definition) is 2. The van der Waals surface area contributed by atoms with Gasteiger partial charge in [-0.25, -0.2) is 0 Å². The van der Waals surface area contributed by atoms with Crippen LogP contribution in [0.25, 0.3) is 0 Å². The van der Waals surface area contributed by atoms with Crippen molar-refractivity contribution in [2.75, 3.05) is 19.8 Å². The number of ether oxygens (including phenoxy) is 1. The van der Waals surface area contributed by atoms with E-state index in [1.54, 1.807) is 0 Å². The van der Waals surface area contributed by atoms with Gasteiger partial charge in [-0.2, -0.15) is 0 Å². The van der Waals surface area contributed by atoms with E-state index in [0.717, 1.165) is 5.56 Å². The lowest BCUT2D eigenvalue weighted by Crippen LogP contribution is -2.17. The van der Waals surface area contributed by atoms with Crippen molar-refractivity contribution in [1.29, 1.82) is 0 Å². The Balaban J connectivity index is 2.78. The number of aliphatic hydroxyl groups is 1. The third kappa shape index (κ3) is 3.30. The molecule has 0 bridgehead atoms. The molecular weight excluding hydrogens is 190 g/mol. The number of rotatable bonds is 5. The average Bonchev–Trinajstić information content (AvgIpc) is 2.24. The smallest absolute Gasteiger partial charge is 0.0948 e. The molecular formula is C12H19NO2. The summed E-state index contributed by atoms with van der Waals surface area (Å²) >= 11 is 0. The molecule has 0 radical (unpaired) electrons. The molecule has 0 heterocycles. The Bertz CT molecular complexity index is 312. The van der Waals surface area contributed by atoms with Crippen LogP contribution < -0.4 is 5.73 Å². The van der Waals surface area contributed by atoms with E-state index in [1.165, 1.54) is 11.1 Å². The lowest BCUT2D eigenvalue weighted by atomic mass is 10.0. The van der Waals surface area contributed by atoms with Crippen LogP contribution in [0.2, 0.25) is 0 Å². The van der Waals surface area contributed by atoms with Crippen LogP contribution in [0.1, 0.15) is 22.8 Å². The summed E-state index contributed by atoms with van der Waals surface area (Å²) in [6, 6.07) is 6.18. The fraction of sp³-hybridized carbons (Fsp3) is 0.500. The van der Waals surface area contributed by atoms with Gasteiger partial charge in [0, 0.05) is 6.54 Å². The van der Waals surface area contributed by atoms with Crippen molar-refractivity contribution in [3.63, 3.8) is 0 Å². The van der Waals surface area contributed by atoms with Gasteiger partial charge in [-0.05, 0) is 30.5 Å². The van der Waals surface area contributed by atoms with Gasteiger partial charge in [0.25, 0.3) is 0 Å². The van der Waals surface area contributed by atoms with E-state index >= 15 is 0 Å². The fourth-order valence-corrected chi connectivity index (χ4v) is 1.46. The molecule has 0 saturated carbocycles. The maximum absolute atomic E-state index is 8.69. The molecule has 1 atom stereocenters. The summed E-state index contributed by atoms with van der Waals surface area (Å²) in [4.78, 5) is 0. The van der Waals surface area contributed by atoms with Crippen LogP contribution >= 0.6 is 0 Å². The number of aliphatic hydroxyl groups excluding tert-OH is 1. The van der Waals surface area contributed by atoms with E-state index in [-0.39, 0.29) is 12.7 Å². The van der Waals surface area contributed by atoms with Crippen molar-refractivity contribution in [3.8, 4) is 0 Å². The Morgan fingerprint density at radius 1 is 1.33 bits per heavy atom. The predicted octanol–water partition coefficient (Wildman–Crippen LogP) is 1.31. The topological polar surface area (TPSA) is 55.5 Å². The summed E-state index contributed by atoms with van der Waals surface area (Å²) in [6.45, 7) is 4.93. The van der Waals surface area contributed by atoms with Crippen LogP contribution in [-0.2, 0) is 4.74 Å². The zero-order valence-corrected chi connectivity index (χ0v) is 9.36. The number of benzene rings is 1. The van der Waals surface area contributed by atoms with E-state index in [4.69, 9.17) is 15.6 Å². The normalized spacial score (nSPS) is 12.8. The Morgan fingerprint density at radius 3 is 2.60 bits per heavy atom. The molecule has 15 heavy (non-hydrogen) atoms. The van der Waals surface area contributed by atoms with Crippen molar-refractivity contribution in [1.82, 2.24) is 0 Å². The zero-order valence-electron chi connectivity index (χ0n) is 9.36. The summed E-state index contributed by atoms with van der Waals surface area (Å²) < 4.78 is 5.45. The standard InChI is InChI=1S/C12H19NO2/c1-9-3-4-11(7-10(9)2)12(8-13)15-6-5-14/h3-4,7,12,14H,5-6,8,13H2,1-2H3. The SMILES string of the molecule is Cc1ccc(C(CN)OCCO)cc1C.